The molecule has 0 saturated carbocycles. The summed E-state index contributed by atoms with van der Waals surface area (Å²) >= 11 is 1.66. The Balaban J connectivity index is 0.00000288. The normalized spacial score (nSPS) is 11.7. The number of thiophene rings is 1. The molecule has 0 aliphatic rings. The Morgan fingerprint density at radius 3 is 2.21 bits per heavy atom. The van der Waals surface area contributed by atoms with Crippen molar-refractivity contribution in [1.82, 2.24) is 15.4 Å². The van der Waals surface area contributed by atoms with Crippen LogP contribution in [-0.2, 0) is 23.1 Å². The first-order valence-electron chi connectivity index (χ1n) is 7.03. The van der Waals surface area contributed by atoms with Crippen LogP contribution in [0.4, 0.5) is 0 Å². The standard InChI is InChI=1S/C15H20N4O2S2.HI/c1-16-15(19-10-13-7-8-22-11-13)18-9-12-3-5-14(6-4-12)23(20,21)17-2;/h3-8,11,17H,9-10H2,1-2H3,(H2,16,18,19);1H. The predicted molar refractivity (Wildman–Crippen MR) is 109 cm³/mol. The highest BCUT2D eigenvalue weighted by atomic mass is 127. The van der Waals surface area contributed by atoms with E-state index in [1.165, 1.54) is 12.6 Å². The molecule has 0 aliphatic carbocycles. The van der Waals surface area contributed by atoms with Gasteiger partial charge in [0.2, 0.25) is 10.0 Å². The van der Waals surface area contributed by atoms with E-state index < -0.39 is 10.0 Å². The third kappa shape index (κ3) is 6.04. The Morgan fingerprint density at radius 1 is 1.08 bits per heavy atom. The van der Waals surface area contributed by atoms with Gasteiger partial charge in [0, 0.05) is 20.1 Å². The highest BCUT2D eigenvalue weighted by Crippen LogP contribution is 2.10. The molecule has 6 nitrogen and oxygen atoms in total. The summed E-state index contributed by atoms with van der Waals surface area (Å²) in [5.41, 5.74) is 2.18. The highest BCUT2D eigenvalue weighted by molar-refractivity contribution is 14.0. The van der Waals surface area contributed by atoms with E-state index in [1.807, 2.05) is 5.38 Å². The zero-order valence-electron chi connectivity index (χ0n) is 13.4. The molecule has 1 aromatic carbocycles. The lowest BCUT2D eigenvalue weighted by Gasteiger charge is -2.11. The van der Waals surface area contributed by atoms with Crippen LogP contribution < -0.4 is 15.4 Å². The van der Waals surface area contributed by atoms with Crippen LogP contribution in [0.2, 0.25) is 0 Å². The van der Waals surface area contributed by atoms with Crippen molar-refractivity contribution in [3.63, 3.8) is 0 Å². The van der Waals surface area contributed by atoms with E-state index in [-0.39, 0.29) is 28.9 Å². The van der Waals surface area contributed by atoms with Gasteiger partial charge >= 0.3 is 0 Å². The molecular weight excluding hydrogens is 459 g/mol. The summed E-state index contributed by atoms with van der Waals surface area (Å²) in [5.74, 6) is 0.697. The van der Waals surface area contributed by atoms with Gasteiger partial charge in [-0.15, -0.1) is 24.0 Å². The van der Waals surface area contributed by atoms with Crippen molar-refractivity contribution in [2.75, 3.05) is 14.1 Å². The summed E-state index contributed by atoms with van der Waals surface area (Å²) in [6, 6.07) is 8.80. The van der Waals surface area contributed by atoms with Gasteiger partial charge in [-0.3, -0.25) is 4.99 Å². The molecule has 0 aliphatic heterocycles. The number of nitrogens with one attached hydrogen (secondary N) is 3. The molecule has 0 unspecified atom stereocenters. The number of benzene rings is 1. The van der Waals surface area contributed by atoms with E-state index in [0.717, 1.165) is 5.56 Å². The van der Waals surface area contributed by atoms with Crippen LogP contribution in [0.15, 0.2) is 51.0 Å². The van der Waals surface area contributed by atoms with E-state index >= 15 is 0 Å². The van der Waals surface area contributed by atoms with Crippen molar-refractivity contribution in [2.24, 2.45) is 4.99 Å². The molecule has 132 valence electrons. The molecular formula is C15H21IN4O2S2. The van der Waals surface area contributed by atoms with Crippen molar-refractivity contribution >= 4 is 51.3 Å². The van der Waals surface area contributed by atoms with E-state index in [0.29, 0.717) is 19.0 Å². The third-order valence-corrected chi connectivity index (χ3v) is 5.39. The number of aliphatic imine (C=N–C) groups is 1. The first-order valence-corrected chi connectivity index (χ1v) is 9.46. The number of nitrogens with zero attached hydrogens (tertiary/aromatic N) is 1. The predicted octanol–water partition coefficient (Wildman–Crippen LogP) is 2.14. The number of hydrogen-bond acceptors (Lipinski definition) is 4. The second kappa shape index (κ2) is 9.97. The van der Waals surface area contributed by atoms with Gasteiger partial charge < -0.3 is 10.6 Å². The monoisotopic (exact) mass is 480 g/mol. The van der Waals surface area contributed by atoms with Gasteiger partial charge in [0.25, 0.3) is 0 Å². The Morgan fingerprint density at radius 2 is 1.71 bits per heavy atom. The maximum absolute atomic E-state index is 11.7. The van der Waals surface area contributed by atoms with Gasteiger partial charge in [0.15, 0.2) is 5.96 Å². The average Bonchev–Trinajstić information content (AvgIpc) is 3.09. The summed E-state index contributed by atoms with van der Waals surface area (Å²) in [5, 5.41) is 10.5. The van der Waals surface area contributed by atoms with Crippen molar-refractivity contribution < 1.29 is 8.42 Å². The minimum atomic E-state index is -3.39. The maximum Gasteiger partial charge on any atom is 0.240 e. The summed E-state index contributed by atoms with van der Waals surface area (Å²) in [6.45, 7) is 1.27. The van der Waals surface area contributed by atoms with Crippen LogP contribution in [-0.4, -0.2) is 28.5 Å². The molecule has 2 rings (SSSR count). The van der Waals surface area contributed by atoms with Gasteiger partial charge in [-0.1, -0.05) is 12.1 Å². The molecule has 1 aromatic heterocycles. The molecule has 0 fully saturated rings. The van der Waals surface area contributed by atoms with Crippen LogP contribution in [0.1, 0.15) is 11.1 Å². The molecule has 0 spiro atoms. The number of hydrogen-bond donors (Lipinski definition) is 3. The highest BCUT2D eigenvalue weighted by Gasteiger charge is 2.10. The Kier molecular flexibility index (Phi) is 8.67. The van der Waals surface area contributed by atoms with E-state index in [1.54, 1.807) is 42.6 Å². The lowest BCUT2D eigenvalue weighted by atomic mass is 10.2. The Hall–Kier alpha value is -1.17. The molecule has 0 bridgehead atoms. The van der Waals surface area contributed by atoms with Crippen LogP contribution in [0.5, 0.6) is 0 Å². The minimum absolute atomic E-state index is 0. The fourth-order valence-corrected chi connectivity index (χ4v) is 3.29. The second-order valence-electron chi connectivity index (χ2n) is 4.76. The number of guanidine groups is 1. The molecule has 3 N–H and O–H groups in total. The third-order valence-electron chi connectivity index (χ3n) is 3.23. The van der Waals surface area contributed by atoms with E-state index in [4.69, 9.17) is 0 Å². The second-order valence-corrected chi connectivity index (χ2v) is 7.43. The largest absolute Gasteiger partial charge is 0.352 e. The molecule has 2 aromatic rings. The van der Waals surface area contributed by atoms with Gasteiger partial charge in [0.1, 0.15) is 0 Å². The maximum atomic E-state index is 11.7. The first-order chi connectivity index (χ1) is 11.0. The zero-order chi connectivity index (χ0) is 16.7. The quantitative estimate of drug-likeness (QED) is 0.336. The summed E-state index contributed by atoms with van der Waals surface area (Å²) < 4.78 is 25.6. The van der Waals surface area contributed by atoms with E-state index in [9.17, 15) is 8.42 Å². The summed E-state index contributed by atoms with van der Waals surface area (Å²) in [7, 11) is -0.280. The van der Waals surface area contributed by atoms with Crippen molar-refractivity contribution in [3.05, 3.63) is 52.2 Å². The minimum Gasteiger partial charge on any atom is -0.352 e. The van der Waals surface area contributed by atoms with Crippen molar-refractivity contribution in [1.29, 1.82) is 0 Å². The molecule has 24 heavy (non-hydrogen) atoms. The number of rotatable bonds is 6. The van der Waals surface area contributed by atoms with Crippen LogP contribution in [0.3, 0.4) is 0 Å². The van der Waals surface area contributed by atoms with Gasteiger partial charge in [0.05, 0.1) is 4.90 Å². The lowest BCUT2D eigenvalue weighted by Crippen LogP contribution is -2.36. The average molecular weight is 480 g/mol. The van der Waals surface area contributed by atoms with Gasteiger partial charge in [-0.05, 0) is 47.1 Å². The van der Waals surface area contributed by atoms with Crippen LogP contribution >= 0.6 is 35.3 Å². The number of halogens is 1. The van der Waals surface area contributed by atoms with Crippen LogP contribution in [0.25, 0.3) is 0 Å². The zero-order valence-corrected chi connectivity index (χ0v) is 17.4. The molecule has 0 amide bonds. The van der Waals surface area contributed by atoms with Crippen LogP contribution in [0, 0.1) is 0 Å². The molecule has 9 heteroatoms. The summed E-state index contributed by atoms with van der Waals surface area (Å²) in [6.07, 6.45) is 0. The molecule has 0 atom stereocenters. The molecule has 0 radical (unpaired) electrons. The van der Waals surface area contributed by atoms with Crippen molar-refractivity contribution in [3.8, 4) is 0 Å². The topological polar surface area (TPSA) is 82.6 Å². The smallest absolute Gasteiger partial charge is 0.240 e. The molecule has 1 heterocycles. The fourth-order valence-electron chi connectivity index (χ4n) is 1.89. The SMILES string of the molecule is CN=C(NCc1ccc(S(=O)(=O)NC)cc1)NCc1ccsc1.I. The first kappa shape index (κ1) is 20.9. The molecule has 0 saturated heterocycles. The van der Waals surface area contributed by atoms with Gasteiger partial charge in [-0.2, -0.15) is 11.3 Å². The fraction of sp³-hybridized carbons (Fsp3) is 0.267. The number of sulfonamides is 1. The van der Waals surface area contributed by atoms with Crippen molar-refractivity contribution in [2.45, 2.75) is 18.0 Å². The summed E-state index contributed by atoms with van der Waals surface area (Å²) in [4.78, 5) is 4.42. The van der Waals surface area contributed by atoms with E-state index in [2.05, 4.69) is 31.8 Å². The Labute approximate surface area is 163 Å². The Bertz CT molecular complexity index is 744. The lowest BCUT2D eigenvalue weighted by molar-refractivity contribution is 0.588. The van der Waals surface area contributed by atoms with Gasteiger partial charge in [-0.25, -0.2) is 13.1 Å².